The maximum atomic E-state index is 11.6. The van der Waals surface area contributed by atoms with Gasteiger partial charge in [-0.05, 0) is 23.3 Å². The number of ether oxygens (including phenoxy) is 1. The molecule has 5 nitrogen and oxygen atoms in total. The molecule has 0 saturated heterocycles. The zero-order valence-electron chi connectivity index (χ0n) is 11.8. The van der Waals surface area contributed by atoms with Crippen LogP contribution in [0.15, 0.2) is 54.6 Å². The quantitative estimate of drug-likeness (QED) is 0.743. The number of hydrogen-bond acceptors (Lipinski definition) is 4. The fourth-order valence-corrected chi connectivity index (χ4v) is 1.92. The minimum absolute atomic E-state index is 0.230. The lowest BCUT2D eigenvalue weighted by molar-refractivity contribution is 0.0985. The maximum absolute atomic E-state index is 11.6. The highest BCUT2D eigenvalue weighted by Crippen LogP contribution is 2.05. The summed E-state index contributed by atoms with van der Waals surface area (Å²) in [4.78, 5) is 22.9. The number of carbonyl (C=O) groups excluding carboxylic acids is 2. The van der Waals surface area contributed by atoms with Crippen molar-refractivity contribution in [3.8, 4) is 0 Å². The topological polar surface area (TPSA) is 67.4 Å². The third kappa shape index (κ3) is 4.82. The van der Waals surface area contributed by atoms with Crippen molar-refractivity contribution in [2.24, 2.45) is 0 Å². The summed E-state index contributed by atoms with van der Waals surface area (Å²) in [6.07, 6.45) is -0.485. The lowest BCUT2D eigenvalue weighted by atomic mass is 10.1. The molecular weight excluding hydrogens is 300 g/mol. The molecule has 0 aliphatic carbocycles. The van der Waals surface area contributed by atoms with Crippen LogP contribution in [0.4, 0.5) is 4.79 Å². The average Bonchev–Trinajstić information content (AvgIpc) is 2.58. The first-order chi connectivity index (χ1) is 10.7. The van der Waals surface area contributed by atoms with Gasteiger partial charge in [0, 0.05) is 12.1 Å². The number of thiol groups is 1. The van der Waals surface area contributed by atoms with Crippen LogP contribution in [0, 0.1) is 0 Å². The second-order valence-corrected chi connectivity index (χ2v) is 4.78. The smallest absolute Gasteiger partial charge is 0.407 e. The maximum Gasteiger partial charge on any atom is 0.407 e. The monoisotopic (exact) mass is 316 g/mol. The predicted molar refractivity (Wildman–Crippen MR) is 86.4 cm³/mol. The van der Waals surface area contributed by atoms with Crippen LogP contribution in [0.5, 0.6) is 0 Å². The van der Waals surface area contributed by atoms with Gasteiger partial charge in [-0.1, -0.05) is 55.3 Å². The van der Waals surface area contributed by atoms with E-state index in [1.165, 1.54) is 0 Å². The Morgan fingerprint density at radius 2 is 1.64 bits per heavy atom. The van der Waals surface area contributed by atoms with E-state index in [1.54, 1.807) is 24.3 Å². The molecule has 0 saturated carbocycles. The lowest BCUT2D eigenvalue weighted by Gasteiger charge is -2.07. The first-order valence-corrected chi connectivity index (χ1v) is 7.11. The third-order valence-corrected chi connectivity index (χ3v) is 3.17. The van der Waals surface area contributed by atoms with Crippen LogP contribution < -0.4 is 10.0 Å². The molecule has 0 spiro atoms. The summed E-state index contributed by atoms with van der Waals surface area (Å²) in [5.41, 5.74) is 2.30. The zero-order valence-corrected chi connectivity index (χ0v) is 12.7. The van der Waals surface area contributed by atoms with Gasteiger partial charge in [0.1, 0.15) is 6.61 Å². The van der Waals surface area contributed by atoms with E-state index in [0.29, 0.717) is 12.1 Å². The molecule has 0 unspecified atom stereocenters. The Hall–Kier alpha value is -2.47. The Bertz CT molecular complexity index is 630. The summed E-state index contributed by atoms with van der Waals surface area (Å²) in [5, 5.41) is 2.66. The average molecular weight is 316 g/mol. The molecule has 2 N–H and O–H groups in total. The summed E-state index contributed by atoms with van der Waals surface area (Å²) in [6, 6.07) is 16.3. The number of rotatable bonds is 5. The van der Waals surface area contributed by atoms with Crippen LogP contribution in [0.3, 0.4) is 0 Å². The van der Waals surface area contributed by atoms with E-state index in [2.05, 4.69) is 22.9 Å². The molecule has 0 aliphatic heterocycles. The van der Waals surface area contributed by atoms with Crippen molar-refractivity contribution in [1.29, 1.82) is 0 Å². The molecule has 114 valence electrons. The number of benzene rings is 2. The van der Waals surface area contributed by atoms with Crippen molar-refractivity contribution in [3.05, 3.63) is 71.3 Å². The molecule has 0 heterocycles. The Morgan fingerprint density at radius 1 is 0.955 bits per heavy atom. The molecule has 2 aromatic rings. The van der Waals surface area contributed by atoms with Gasteiger partial charge in [-0.25, -0.2) is 4.79 Å². The molecule has 6 heteroatoms. The van der Waals surface area contributed by atoms with Gasteiger partial charge >= 0.3 is 6.09 Å². The number of nitrogens with one attached hydrogen (secondary N) is 2. The van der Waals surface area contributed by atoms with Crippen LogP contribution in [0.2, 0.25) is 0 Å². The van der Waals surface area contributed by atoms with Gasteiger partial charge in [0.25, 0.3) is 5.91 Å². The van der Waals surface area contributed by atoms with Gasteiger partial charge < -0.3 is 10.1 Å². The first-order valence-electron chi connectivity index (χ1n) is 6.67. The fourth-order valence-electron chi connectivity index (χ4n) is 1.79. The van der Waals surface area contributed by atoms with Crippen molar-refractivity contribution in [1.82, 2.24) is 10.0 Å². The molecule has 0 bridgehead atoms. The Kier molecular flexibility index (Phi) is 5.85. The highest BCUT2D eigenvalue weighted by molar-refractivity contribution is 7.78. The van der Waals surface area contributed by atoms with Gasteiger partial charge in [0.15, 0.2) is 0 Å². The minimum atomic E-state index is -0.485. The molecule has 0 atom stereocenters. The van der Waals surface area contributed by atoms with E-state index in [-0.39, 0.29) is 12.5 Å². The summed E-state index contributed by atoms with van der Waals surface area (Å²) >= 11 is 3.70. The Morgan fingerprint density at radius 3 is 2.27 bits per heavy atom. The van der Waals surface area contributed by atoms with Crippen molar-refractivity contribution >= 4 is 24.8 Å². The van der Waals surface area contributed by atoms with Gasteiger partial charge in [-0.2, -0.15) is 0 Å². The second kappa shape index (κ2) is 8.09. The van der Waals surface area contributed by atoms with E-state index in [1.807, 2.05) is 30.3 Å². The summed E-state index contributed by atoms with van der Waals surface area (Å²) in [6.45, 7) is 0.560. The summed E-state index contributed by atoms with van der Waals surface area (Å²) in [7, 11) is 0. The van der Waals surface area contributed by atoms with E-state index in [0.717, 1.165) is 11.1 Å². The van der Waals surface area contributed by atoms with Gasteiger partial charge in [-0.15, -0.1) is 0 Å². The second-order valence-electron chi connectivity index (χ2n) is 4.55. The standard InChI is InChI=1S/C16H16N2O3S/c19-15(18-22)14-8-6-12(7-9-14)10-17-16(20)21-11-13-4-2-1-3-5-13/h1-9,22H,10-11H2,(H,17,20)(H,18,19). The van der Waals surface area contributed by atoms with E-state index >= 15 is 0 Å². The van der Waals surface area contributed by atoms with E-state index in [9.17, 15) is 9.59 Å². The number of amides is 2. The van der Waals surface area contributed by atoms with Crippen molar-refractivity contribution < 1.29 is 14.3 Å². The highest BCUT2D eigenvalue weighted by Gasteiger charge is 2.05. The fraction of sp³-hybridized carbons (Fsp3) is 0.125. The largest absolute Gasteiger partial charge is 0.445 e. The zero-order chi connectivity index (χ0) is 15.8. The molecule has 22 heavy (non-hydrogen) atoms. The van der Waals surface area contributed by atoms with E-state index in [4.69, 9.17) is 4.74 Å². The van der Waals surface area contributed by atoms with Crippen LogP contribution in [-0.2, 0) is 17.9 Å². The Labute approximate surface area is 134 Å². The molecule has 0 aliphatic rings. The van der Waals surface area contributed by atoms with Crippen LogP contribution >= 0.6 is 12.8 Å². The van der Waals surface area contributed by atoms with Crippen molar-refractivity contribution in [3.63, 3.8) is 0 Å². The van der Waals surface area contributed by atoms with Gasteiger partial charge in [-0.3, -0.25) is 9.52 Å². The number of carbonyl (C=O) groups is 2. The van der Waals surface area contributed by atoms with Crippen LogP contribution in [-0.4, -0.2) is 12.0 Å². The van der Waals surface area contributed by atoms with Crippen LogP contribution in [0.25, 0.3) is 0 Å². The SMILES string of the molecule is O=C(NCc1ccc(C(=O)NS)cc1)OCc1ccccc1. The predicted octanol–water partition coefficient (Wildman–Crippen LogP) is 2.69. The minimum Gasteiger partial charge on any atom is -0.445 e. The molecule has 0 radical (unpaired) electrons. The van der Waals surface area contributed by atoms with Crippen LogP contribution in [0.1, 0.15) is 21.5 Å². The van der Waals surface area contributed by atoms with E-state index < -0.39 is 6.09 Å². The van der Waals surface area contributed by atoms with Crippen molar-refractivity contribution in [2.75, 3.05) is 0 Å². The number of hydrogen-bond donors (Lipinski definition) is 3. The molecule has 2 amide bonds. The normalized spacial score (nSPS) is 9.86. The first kappa shape index (κ1) is 15.9. The highest BCUT2D eigenvalue weighted by atomic mass is 32.1. The lowest BCUT2D eigenvalue weighted by Crippen LogP contribution is -2.23. The molecular formula is C16H16N2O3S. The molecule has 0 fully saturated rings. The molecule has 2 rings (SSSR count). The molecule has 2 aromatic carbocycles. The number of alkyl carbamates (subject to hydrolysis) is 1. The Balaban J connectivity index is 1.77. The van der Waals surface area contributed by atoms with Gasteiger partial charge in [0.05, 0.1) is 0 Å². The van der Waals surface area contributed by atoms with Crippen molar-refractivity contribution in [2.45, 2.75) is 13.2 Å². The van der Waals surface area contributed by atoms with Gasteiger partial charge in [0.2, 0.25) is 0 Å². The molecule has 0 aromatic heterocycles. The summed E-state index contributed by atoms with van der Waals surface area (Å²) < 4.78 is 7.35. The summed E-state index contributed by atoms with van der Waals surface area (Å²) in [5.74, 6) is -0.273. The third-order valence-electron chi connectivity index (χ3n) is 2.97.